The molecule has 9 nitrogen and oxygen atoms in total. The summed E-state index contributed by atoms with van der Waals surface area (Å²) in [5.41, 5.74) is -0.0731. The normalized spacial score (nSPS) is 11.4. The van der Waals surface area contributed by atoms with Crippen LogP contribution in [0.4, 0.5) is 17.1 Å². The van der Waals surface area contributed by atoms with Crippen molar-refractivity contribution in [1.82, 2.24) is 0 Å². The van der Waals surface area contributed by atoms with Crippen LogP contribution in [0.5, 0.6) is 11.5 Å². The molecule has 0 heterocycles. The average Bonchev–Trinajstić information content (AvgIpc) is 2.63. The number of hydrogen-bond donors (Lipinski definition) is 3. The van der Waals surface area contributed by atoms with Crippen molar-refractivity contribution in [1.29, 1.82) is 0 Å². The van der Waals surface area contributed by atoms with E-state index in [1.54, 1.807) is 24.3 Å². The fourth-order valence-corrected chi connectivity index (χ4v) is 3.43. The Labute approximate surface area is 198 Å². The maximum absolute atomic E-state index is 11.5. The monoisotopic (exact) mass is 457 g/mol. The predicted octanol–water partition coefficient (Wildman–Crippen LogP) is 1.19. The van der Waals surface area contributed by atoms with Gasteiger partial charge in [0.25, 0.3) is 0 Å². The van der Waals surface area contributed by atoms with Gasteiger partial charge in [-0.15, -0.1) is 10.2 Å². The van der Waals surface area contributed by atoms with E-state index in [4.69, 9.17) is 11.6 Å². The quantitative estimate of drug-likeness (QED) is 0.304. The summed E-state index contributed by atoms with van der Waals surface area (Å²) in [6.07, 6.45) is 0. The number of rotatable bonds is 4. The van der Waals surface area contributed by atoms with Gasteiger partial charge in [0.1, 0.15) is 27.2 Å². The summed E-state index contributed by atoms with van der Waals surface area (Å²) in [6, 6.07) is 9.58. The van der Waals surface area contributed by atoms with Gasteiger partial charge in [-0.2, -0.15) is 0 Å². The topological polar surface area (TPSA) is 151 Å². The van der Waals surface area contributed by atoms with Gasteiger partial charge >= 0.3 is 29.6 Å². The first-order chi connectivity index (χ1) is 13.6. The van der Waals surface area contributed by atoms with E-state index in [1.807, 2.05) is 0 Å². The van der Waals surface area contributed by atoms with Gasteiger partial charge in [0.2, 0.25) is 5.91 Å². The average molecular weight is 458 g/mol. The van der Waals surface area contributed by atoms with E-state index >= 15 is 0 Å². The summed E-state index contributed by atoms with van der Waals surface area (Å²) in [6.45, 7) is 1.32. The van der Waals surface area contributed by atoms with E-state index in [-0.39, 0.29) is 52.6 Å². The van der Waals surface area contributed by atoms with Gasteiger partial charge in [-0.3, -0.25) is 4.79 Å². The molecule has 3 aromatic rings. The van der Waals surface area contributed by atoms with Crippen LogP contribution in [0, 0.1) is 0 Å². The number of nitrogens with one attached hydrogen (secondary N) is 1. The first-order valence-electron chi connectivity index (χ1n) is 8.00. The molecule has 3 rings (SSSR count). The summed E-state index contributed by atoms with van der Waals surface area (Å²) in [7, 11) is -4.85. The van der Waals surface area contributed by atoms with E-state index < -0.39 is 25.8 Å². The molecule has 30 heavy (non-hydrogen) atoms. The van der Waals surface area contributed by atoms with Crippen LogP contribution >= 0.6 is 11.6 Å². The minimum atomic E-state index is -4.85. The number of phenolic OH excluding ortho intramolecular Hbond substituents is 2. The van der Waals surface area contributed by atoms with Crippen LogP contribution in [-0.2, 0) is 14.9 Å². The second-order valence-electron chi connectivity index (χ2n) is 5.95. The molecule has 0 atom stereocenters. The van der Waals surface area contributed by atoms with E-state index in [1.165, 1.54) is 13.0 Å². The van der Waals surface area contributed by atoms with Crippen LogP contribution in [0.25, 0.3) is 10.8 Å². The second-order valence-corrected chi connectivity index (χ2v) is 7.73. The summed E-state index contributed by atoms with van der Waals surface area (Å²) in [5.74, 6) is -1.22. The fraction of sp³-hybridized carbons (Fsp3) is 0.0556. The van der Waals surface area contributed by atoms with Gasteiger partial charge in [0.05, 0.1) is 15.6 Å². The zero-order valence-electron chi connectivity index (χ0n) is 15.7. The Morgan fingerprint density at radius 3 is 2.47 bits per heavy atom. The van der Waals surface area contributed by atoms with Crippen LogP contribution in [-0.4, -0.2) is 29.1 Å². The van der Waals surface area contributed by atoms with Crippen LogP contribution in [0.2, 0.25) is 5.02 Å². The molecule has 3 aromatic carbocycles. The summed E-state index contributed by atoms with van der Waals surface area (Å²) >= 11 is 5.76. The minimum absolute atomic E-state index is 0. The van der Waals surface area contributed by atoms with Gasteiger partial charge in [-0.25, -0.2) is 8.42 Å². The van der Waals surface area contributed by atoms with Gasteiger partial charge in [-0.1, -0.05) is 29.8 Å². The SMILES string of the molecule is CC(=O)Nc1cccc2ccc(O)c(N=Nc3cc(S(=O)(=O)[O-])cc(Cl)c3O)c12.[Na+]. The zero-order chi connectivity index (χ0) is 21.3. The number of azo groups is 1. The Hall–Kier alpha value is -2.21. The van der Waals surface area contributed by atoms with Crippen molar-refractivity contribution >= 4 is 55.5 Å². The molecule has 150 valence electrons. The fourth-order valence-electron chi connectivity index (χ4n) is 2.63. The molecule has 3 N–H and O–H groups in total. The molecule has 0 saturated heterocycles. The minimum Gasteiger partial charge on any atom is -0.744 e. The van der Waals surface area contributed by atoms with Crippen molar-refractivity contribution in [3.8, 4) is 11.5 Å². The first kappa shape index (κ1) is 24.1. The Morgan fingerprint density at radius 2 is 1.83 bits per heavy atom. The Kier molecular flexibility index (Phi) is 7.45. The number of benzene rings is 3. The molecule has 12 heteroatoms. The van der Waals surface area contributed by atoms with E-state index in [2.05, 4.69) is 15.5 Å². The zero-order valence-corrected chi connectivity index (χ0v) is 19.3. The molecule has 0 aliphatic carbocycles. The molecule has 0 aliphatic heterocycles. The molecule has 1 amide bonds. The molecule has 0 radical (unpaired) electrons. The number of phenols is 2. The van der Waals surface area contributed by atoms with Crippen LogP contribution in [0.15, 0.2) is 57.6 Å². The molecule has 0 aromatic heterocycles. The van der Waals surface area contributed by atoms with Crippen LogP contribution < -0.4 is 34.9 Å². The third kappa shape index (κ3) is 5.09. The van der Waals surface area contributed by atoms with E-state index in [0.29, 0.717) is 16.5 Å². The summed E-state index contributed by atoms with van der Waals surface area (Å²) < 4.78 is 33.8. The van der Waals surface area contributed by atoms with Crippen molar-refractivity contribution in [2.75, 3.05) is 5.32 Å². The maximum atomic E-state index is 11.5. The van der Waals surface area contributed by atoms with Gasteiger partial charge in [0, 0.05) is 12.3 Å². The number of nitrogens with zero attached hydrogens (tertiary/aromatic N) is 2. The Bertz CT molecular complexity index is 1280. The predicted molar refractivity (Wildman–Crippen MR) is 105 cm³/mol. The molecule has 0 aliphatic rings. The number of anilines is 1. The Balaban J connectivity index is 0.00000320. The van der Waals surface area contributed by atoms with E-state index in [9.17, 15) is 28.0 Å². The molecular formula is C18H13ClN3NaO6S. The third-order valence-electron chi connectivity index (χ3n) is 3.87. The van der Waals surface area contributed by atoms with Crippen molar-refractivity contribution in [2.24, 2.45) is 10.2 Å². The number of halogens is 1. The Morgan fingerprint density at radius 1 is 1.13 bits per heavy atom. The number of hydrogen-bond acceptors (Lipinski definition) is 8. The van der Waals surface area contributed by atoms with Crippen LogP contribution in [0.3, 0.4) is 0 Å². The van der Waals surface area contributed by atoms with Gasteiger partial charge in [0.15, 0.2) is 5.75 Å². The third-order valence-corrected chi connectivity index (χ3v) is 4.97. The molecular weight excluding hydrogens is 445 g/mol. The summed E-state index contributed by atoms with van der Waals surface area (Å²) in [4.78, 5) is 10.8. The molecule has 0 spiro atoms. The maximum Gasteiger partial charge on any atom is 1.00 e. The van der Waals surface area contributed by atoms with Crippen molar-refractivity contribution in [2.45, 2.75) is 11.8 Å². The molecule has 0 unspecified atom stereocenters. The van der Waals surface area contributed by atoms with E-state index in [0.717, 1.165) is 12.1 Å². The summed E-state index contributed by atoms with van der Waals surface area (Å²) in [5, 5.41) is 31.1. The largest absolute Gasteiger partial charge is 1.00 e. The number of fused-ring (bicyclic) bond motifs is 1. The van der Waals surface area contributed by atoms with Gasteiger partial charge < -0.3 is 20.1 Å². The van der Waals surface area contributed by atoms with Crippen molar-refractivity contribution < 1.29 is 57.5 Å². The van der Waals surface area contributed by atoms with Crippen molar-refractivity contribution in [3.63, 3.8) is 0 Å². The number of amides is 1. The van der Waals surface area contributed by atoms with Gasteiger partial charge in [-0.05, 0) is 29.7 Å². The number of carbonyl (C=O) groups excluding carboxylic acids is 1. The molecule has 0 saturated carbocycles. The smallest absolute Gasteiger partial charge is 0.744 e. The molecule has 0 bridgehead atoms. The van der Waals surface area contributed by atoms with Crippen LogP contribution in [0.1, 0.15) is 6.92 Å². The van der Waals surface area contributed by atoms with Crippen molar-refractivity contribution in [3.05, 3.63) is 47.5 Å². The molecule has 0 fully saturated rings. The number of aromatic hydroxyl groups is 2. The number of carbonyl (C=O) groups is 1. The standard InChI is InChI=1S/C18H14ClN3O6S.Na/c1-9(23)20-13-4-2-3-10-5-6-15(24)17(16(10)13)22-21-14-8-11(29(26,27)28)7-12(19)18(14)25;/h2-8,24-25H,1H3,(H,20,23)(H,26,27,28);/q;+1/p-1. The second kappa shape index (κ2) is 9.29. The first-order valence-corrected chi connectivity index (χ1v) is 9.79.